The minimum atomic E-state index is -3.78. The van der Waals surface area contributed by atoms with Crippen LogP contribution in [0, 0.1) is 18.3 Å². The van der Waals surface area contributed by atoms with Crippen molar-refractivity contribution in [1.82, 2.24) is 4.98 Å². The number of hydrogen-bond acceptors (Lipinski definition) is 6. The van der Waals surface area contributed by atoms with Crippen molar-refractivity contribution in [2.75, 3.05) is 11.8 Å². The van der Waals surface area contributed by atoms with Gasteiger partial charge in [0.25, 0.3) is 10.0 Å². The molecule has 0 bridgehead atoms. The van der Waals surface area contributed by atoms with Crippen LogP contribution in [-0.4, -0.2) is 20.5 Å². The molecular weight excluding hydrogens is 370 g/mol. The van der Waals surface area contributed by atoms with Crippen LogP contribution in [0.15, 0.2) is 53.6 Å². The lowest BCUT2D eigenvalue weighted by Crippen LogP contribution is -2.14. The first-order valence-electron chi connectivity index (χ1n) is 7.57. The Balaban J connectivity index is 1.93. The number of nitriles is 1. The van der Waals surface area contributed by atoms with Gasteiger partial charge in [-0.05, 0) is 42.3 Å². The zero-order valence-corrected chi connectivity index (χ0v) is 15.7. The van der Waals surface area contributed by atoms with E-state index in [2.05, 4.69) is 15.8 Å². The summed E-state index contributed by atoms with van der Waals surface area (Å²) in [5.74, 6) is 0.341. The third kappa shape index (κ3) is 3.69. The molecule has 0 unspecified atom stereocenters. The number of aryl methyl sites for hydroxylation is 1. The number of hydrogen-bond donors (Lipinski definition) is 1. The first-order chi connectivity index (χ1) is 12.4. The zero-order chi connectivity index (χ0) is 18.7. The highest BCUT2D eigenvalue weighted by Gasteiger charge is 2.17. The smallest absolute Gasteiger partial charge is 0.263 e. The molecule has 0 aliphatic heterocycles. The van der Waals surface area contributed by atoms with E-state index >= 15 is 0 Å². The Labute approximate surface area is 155 Å². The fourth-order valence-corrected chi connectivity index (χ4v) is 4.15. The van der Waals surface area contributed by atoms with Crippen LogP contribution in [0.4, 0.5) is 5.69 Å². The lowest BCUT2D eigenvalue weighted by molar-refractivity contribution is 0.397. The number of aromatic nitrogens is 1. The van der Waals surface area contributed by atoms with E-state index in [-0.39, 0.29) is 4.90 Å². The molecule has 0 radical (unpaired) electrons. The molecule has 3 aromatic rings. The Morgan fingerprint density at radius 1 is 1.19 bits per heavy atom. The Morgan fingerprint density at radius 3 is 2.62 bits per heavy atom. The molecule has 3 rings (SSSR count). The molecule has 0 amide bonds. The number of sulfonamides is 1. The van der Waals surface area contributed by atoms with Gasteiger partial charge in [-0.2, -0.15) is 5.26 Å². The first kappa shape index (κ1) is 17.9. The monoisotopic (exact) mass is 385 g/mol. The molecule has 6 nitrogen and oxygen atoms in total. The first-order valence-corrected chi connectivity index (χ1v) is 9.87. The highest BCUT2D eigenvalue weighted by molar-refractivity contribution is 7.92. The van der Waals surface area contributed by atoms with Crippen molar-refractivity contribution < 1.29 is 13.2 Å². The molecule has 1 aromatic carbocycles. The molecule has 2 heterocycles. The summed E-state index contributed by atoms with van der Waals surface area (Å²) >= 11 is 1.36. The SMILES string of the molecule is COc1ccc(S(=O)(=O)Nc2cc(-c3ccc(C#N)s3)ccc2C)cn1. The highest BCUT2D eigenvalue weighted by Crippen LogP contribution is 2.31. The molecule has 0 saturated heterocycles. The molecule has 2 aromatic heterocycles. The van der Waals surface area contributed by atoms with Crippen molar-refractivity contribution in [3.8, 4) is 22.4 Å². The number of nitrogens with one attached hydrogen (secondary N) is 1. The van der Waals surface area contributed by atoms with E-state index < -0.39 is 10.0 Å². The third-order valence-corrected chi connectivity index (χ3v) is 6.10. The second kappa shape index (κ2) is 7.15. The minimum Gasteiger partial charge on any atom is -0.481 e. The third-order valence-electron chi connectivity index (χ3n) is 3.71. The lowest BCUT2D eigenvalue weighted by Gasteiger charge is -2.12. The van der Waals surface area contributed by atoms with Gasteiger partial charge in [0.1, 0.15) is 15.8 Å². The summed E-state index contributed by atoms with van der Waals surface area (Å²) in [7, 11) is -2.31. The summed E-state index contributed by atoms with van der Waals surface area (Å²) < 4.78 is 32.8. The standard InChI is InChI=1S/C18H15N3O3S2/c1-12-3-4-13(17-7-5-14(10-19)25-17)9-16(12)21-26(22,23)15-6-8-18(24-2)20-11-15/h3-9,11,21H,1-2H3. The molecule has 0 aliphatic rings. The molecular formula is C18H15N3O3S2. The maximum absolute atomic E-state index is 12.6. The van der Waals surface area contributed by atoms with Gasteiger partial charge in [-0.25, -0.2) is 13.4 Å². The second-order valence-electron chi connectivity index (χ2n) is 5.45. The molecule has 0 spiro atoms. The fourth-order valence-electron chi connectivity index (χ4n) is 2.29. The van der Waals surface area contributed by atoms with Gasteiger partial charge in [0.05, 0.1) is 19.0 Å². The van der Waals surface area contributed by atoms with E-state index in [1.807, 2.05) is 25.1 Å². The van der Waals surface area contributed by atoms with Crippen LogP contribution in [0.1, 0.15) is 10.4 Å². The maximum atomic E-state index is 12.6. The van der Waals surface area contributed by atoms with Crippen molar-refractivity contribution in [3.63, 3.8) is 0 Å². The summed E-state index contributed by atoms with van der Waals surface area (Å²) in [6.07, 6.45) is 1.25. The van der Waals surface area contributed by atoms with Gasteiger partial charge >= 0.3 is 0 Å². The number of nitrogens with zero attached hydrogens (tertiary/aromatic N) is 2. The minimum absolute atomic E-state index is 0.0472. The van der Waals surface area contributed by atoms with E-state index in [4.69, 9.17) is 10.00 Å². The summed E-state index contributed by atoms with van der Waals surface area (Å²) in [6.45, 7) is 1.82. The van der Waals surface area contributed by atoms with Crippen molar-refractivity contribution in [3.05, 3.63) is 59.1 Å². The van der Waals surface area contributed by atoms with E-state index in [1.54, 1.807) is 12.1 Å². The average molecular weight is 385 g/mol. The second-order valence-corrected chi connectivity index (χ2v) is 8.21. The molecule has 0 saturated carbocycles. The van der Waals surface area contributed by atoms with Crippen molar-refractivity contribution in [2.24, 2.45) is 0 Å². The van der Waals surface area contributed by atoms with Crippen LogP contribution in [0.2, 0.25) is 0 Å². The van der Waals surface area contributed by atoms with Crippen LogP contribution in [-0.2, 0) is 10.0 Å². The summed E-state index contributed by atoms with van der Waals surface area (Å²) in [6, 6.07) is 14.1. The largest absolute Gasteiger partial charge is 0.481 e. The van der Waals surface area contributed by atoms with Crippen molar-refractivity contribution in [2.45, 2.75) is 11.8 Å². The van der Waals surface area contributed by atoms with Gasteiger partial charge in [0.2, 0.25) is 5.88 Å². The van der Waals surface area contributed by atoms with Crippen molar-refractivity contribution >= 4 is 27.0 Å². The average Bonchev–Trinajstić information content (AvgIpc) is 3.12. The summed E-state index contributed by atoms with van der Waals surface area (Å²) in [5.41, 5.74) is 2.11. The number of ether oxygens (including phenoxy) is 1. The van der Waals surface area contributed by atoms with E-state index in [9.17, 15) is 8.42 Å². The van der Waals surface area contributed by atoms with Crippen LogP contribution < -0.4 is 9.46 Å². The molecule has 0 aliphatic carbocycles. The Morgan fingerprint density at radius 2 is 2.00 bits per heavy atom. The van der Waals surface area contributed by atoms with E-state index in [0.29, 0.717) is 16.4 Å². The number of anilines is 1. The Hall–Kier alpha value is -2.89. The van der Waals surface area contributed by atoms with Gasteiger partial charge in [0, 0.05) is 10.9 Å². The lowest BCUT2D eigenvalue weighted by atomic mass is 10.1. The number of benzene rings is 1. The predicted octanol–water partition coefficient (Wildman–Crippen LogP) is 3.80. The Bertz CT molecular complexity index is 1080. The predicted molar refractivity (Wildman–Crippen MR) is 101 cm³/mol. The molecule has 26 heavy (non-hydrogen) atoms. The molecule has 132 valence electrons. The van der Waals surface area contributed by atoms with E-state index in [0.717, 1.165) is 16.0 Å². The molecule has 1 N–H and O–H groups in total. The molecule has 8 heteroatoms. The quantitative estimate of drug-likeness (QED) is 0.721. The van der Waals surface area contributed by atoms with Gasteiger partial charge in [0.15, 0.2) is 0 Å². The van der Waals surface area contributed by atoms with Crippen molar-refractivity contribution in [1.29, 1.82) is 5.26 Å². The highest BCUT2D eigenvalue weighted by atomic mass is 32.2. The maximum Gasteiger partial charge on any atom is 0.263 e. The number of methoxy groups -OCH3 is 1. The molecule has 0 fully saturated rings. The summed E-state index contributed by atoms with van der Waals surface area (Å²) in [4.78, 5) is 5.48. The van der Waals surface area contributed by atoms with Crippen LogP contribution in [0.3, 0.4) is 0 Å². The van der Waals surface area contributed by atoms with Crippen LogP contribution in [0.25, 0.3) is 10.4 Å². The van der Waals surface area contributed by atoms with Crippen LogP contribution >= 0.6 is 11.3 Å². The normalized spacial score (nSPS) is 11.0. The summed E-state index contributed by atoms with van der Waals surface area (Å²) in [5, 5.41) is 8.97. The van der Waals surface area contributed by atoms with Gasteiger partial charge in [-0.3, -0.25) is 4.72 Å². The van der Waals surface area contributed by atoms with Gasteiger partial charge < -0.3 is 4.74 Å². The zero-order valence-electron chi connectivity index (χ0n) is 14.1. The van der Waals surface area contributed by atoms with Crippen LogP contribution in [0.5, 0.6) is 5.88 Å². The van der Waals surface area contributed by atoms with Gasteiger partial charge in [-0.1, -0.05) is 12.1 Å². The topological polar surface area (TPSA) is 92.1 Å². The fraction of sp³-hybridized carbons (Fsp3) is 0.111. The number of pyridine rings is 1. The van der Waals surface area contributed by atoms with E-state index in [1.165, 1.54) is 36.8 Å². The Kier molecular flexibility index (Phi) is 4.93. The molecule has 0 atom stereocenters. The number of rotatable bonds is 5. The van der Waals surface area contributed by atoms with Gasteiger partial charge in [-0.15, -0.1) is 11.3 Å². The number of thiophene rings is 1.